The van der Waals surface area contributed by atoms with Gasteiger partial charge in [0.1, 0.15) is 0 Å². The average molecular weight is 243 g/mol. The predicted octanol–water partition coefficient (Wildman–Crippen LogP) is 2.14. The number of rotatable bonds is 3. The zero-order valence-electron chi connectivity index (χ0n) is 9.27. The number of carbonyl (C=O) groups is 1. The van der Waals surface area contributed by atoms with Crippen LogP contribution in [0.2, 0.25) is 0 Å². The summed E-state index contributed by atoms with van der Waals surface area (Å²) in [6.07, 6.45) is 0. The van der Waals surface area contributed by atoms with Gasteiger partial charge in [-0.25, -0.2) is 13.2 Å². The fraction of sp³-hybridized carbons (Fsp3) is 0.417. The maximum absolute atomic E-state index is 13.4. The van der Waals surface area contributed by atoms with E-state index in [1.54, 1.807) is 6.92 Å². The second-order valence-corrected chi connectivity index (χ2v) is 4.29. The van der Waals surface area contributed by atoms with Crippen molar-refractivity contribution < 1.29 is 18.0 Å². The fourth-order valence-corrected chi connectivity index (χ4v) is 1.84. The molecule has 1 aromatic rings. The highest BCUT2D eigenvalue weighted by Gasteiger charge is 2.31. The third-order valence-corrected chi connectivity index (χ3v) is 3.23. The minimum absolute atomic E-state index is 0.134. The highest BCUT2D eigenvalue weighted by atomic mass is 19.2. The predicted molar refractivity (Wildman–Crippen MR) is 56.2 cm³/mol. The molecule has 0 saturated carbocycles. The molecule has 0 aromatic heterocycles. The molecule has 1 aromatic carbocycles. The highest BCUT2D eigenvalue weighted by molar-refractivity contribution is 5.98. The summed E-state index contributed by atoms with van der Waals surface area (Å²) < 4.78 is 39.1. The molecule has 1 saturated heterocycles. The SMILES string of the molecule is CC(C(=O)c1ccc(F)c(F)c1F)C1CNC1. The first-order valence-electron chi connectivity index (χ1n) is 5.40. The maximum Gasteiger partial charge on any atom is 0.195 e. The van der Waals surface area contributed by atoms with Crippen molar-refractivity contribution in [1.29, 1.82) is 0 Å². The van der Waals surface area contributed by atoms with Crippen molar-refractivity contribution >= 4 is 5.78 Å². The third-order valence-electron chi connectivity index (χ3n) is 3.23. The molecular formula is C12H12F3NO. The molecule has 1 fully saturated rings. The molecule has 5 heteroatoms. The van der Waals surface area contributed by atoms with Gasteiger partial charge in [-0.1, -0.05) is 6.92 Å². The van der Waals surface area contributed by atoms with Crippen molar-refractivity contribution in [2.24, 2.45) is 11.8 Å². The van der Waals surface area contributed by atoms with Crippen molar-refractivity contribution in [2.45, 2.75) is 6.92 Å². The first-order valence-corrected chi connectivity index (χ1v) is 5.40. The first-order chi connectivity index (χ1) is 8.02. The van der Waals surface area contributed by atoms with Crippen molar-refractivity contribution in [2.75, 3.05) is 13.1 Å². The summed E-state index contributed by atoms with van der Waals surface area (Å²) in [5, 5.41) is 3.00. The topological polar surface area (TPSA) is 29.1 Å². The molecule has 0 spiro atoms. The van der Waals surface area contributed by atoms with Crippen LogP contribution >= 0.6 is 0 Å². The van der Waals surface area contributed by atoms with E-state index in [1.807, 2.05) is 0 Å². The molecule has 0 amide bonds. The molecule has 17 heavy (non-hydrogen) atoms. The molecule has 1 atom stereocenters. The lowest BCUT2D eigenvalue weighted by Crippen LogP contribution is -2.47. The van der Waals surface area contributed by atoms with E-state index in [1.165, 1.54) is 0 Å². The third kappa shape index (κ3) is 2.07. The van der Waals surface area contributed by atoms with Crippen LogP contribution in [0.5, 0.6) is 0 Å². The number of Topliss-reactive ketones (excluding diaryl/α,β-unsaturated/α-hetero) is 1. The van der Waals surface area contributed by atoms with Crippen LogP contribution in [0.3, 0.4) is 0 Å². The van der Waals surface area contributed by atoms with E-state index in [4.69, 9.17) is 0 Å². The van der Waals surface area contributed by atoms with E-state index >= 15 is 0 Å². The smallest absolute Gasteiger partial charge is 0.195 e. The average Bonchev–Trinajstić information content (AvgIpc) is 2.23. The van der Waals surface area contributed by atoms with Crippen LogP contribution in [0.4, 0.5) is 13.2 Å². The molecule has 0 radical (unpaired) electrons. The molecule has 2 nitrogen and oxygen atoms in total. The molecule has 1 N–H and O–H groups in total. The van der Waals surface area contributed by atoms with E-state index in [-0.39, 0.29) is 11.5 Å². The van der Waals surface area contributed by atoms with Crippen LogP contribution in [0, 0.1) is 29.3 Å². The van der Waals surface area contributed by atoms with Crippen LogP contribution in [-0.2, 0) is 0 Å². The Morgan fingerprint density at radius 3 is 2.47 bits per heavy atom. The summed E-state index contributed by atoms with van der Waals surface area (Å²) in [6.45, 7) is 3.06. The number of hydrogen-bond acceptors (Lipinski definition) is 2. The van der Waals surface area contributed by atoms with Gasteiger partial charge >= 0.3 is 0 Å². The minimum atomic E-state index is -1.59. The van der Waals surface area contributed by atoms with Gasteiger partial charge in [0.15, 0.2) is 23.2 Å². The zero-order valence-corrected chi connectivity index (χ0v) is 9.27. The lowest BCUT2D eigenvalue weighted by atomic mass is 9.83. The van der Waals surface area contributed by atoms with Crippen molar-refractivity contribution in [3.63, 3.8) is 0 Å². The molecular weight excluding hydrogens is 231 g/mol. The van der Waals surface area contributed by atoms with Gasteiger partial charge < -0.3 is 5.32 Å². The van der Waals surface area contributed by atoms with Gasteiger partial charge in [-0.15, -0.1) is 0 Å². The van der Waals surface area contributed by atoms with E-state index in [0.717, 1.165) is 12.1 Å². The quantitative estimate of drug-likeness (QED) is 0.651. The largest absolute Gasteiger partial charge is 0.316 e. The van der Waals surface area contributed by atoms with Crippen molar-refractivity contribution in [3.05, 3.63) is 35.1 Å². The van der Waals surface area contributed by atoms with Gasteiger partial charge in [0.25, 0.3) is 0 Å². The van der Waals surface area contributed by atoms with Crippen LogP contribution in [0.25, 0.3) is 0 Å². The van der Waals surface area contributed by atoms with Crippen LogP contribution in [0.15, 0.2) is 12.1 Å². The number of hydrogen-bond donors (Lipinski definition) is 1. The van der Waals surface area contributed by atoms with Crippen molar-refractivity contribution in [1.82, 2.24) is 5.32 Å². The van der Waals surface area contributed by atoms with Gasteiger partial charge in [-0.2, -0.15) is 0 Å². The summed E-state index contributed by atoms with van der Waals surface area (Å²) in [5.74, 6) is -5.00. The summed E-state index contributed by atoms with van der Waals surface area (Å²) in [5.41, 5.74) is -0.372. The number of carbonyl (C=O) groups excluding carboxylic acids is 1. The molecule has 0 bridgehead atoms. The molecule has 1 aliphatic rings. The van der Waals surface area contributed by atoms with Gasteiger partial charge in [0, 0.05) is 5.92 Å². The van der Waals surface area contributed by atoms with Crippen LogP contribution < -0.4 is 5.32 Å². The Hall–Kier alpha value is -1.36. The standard InChI is InChI=1S/C12H12F3NO/c1-6(7-4-16-5-7)12(17)8-2-3-9(13)11(15)10(8)14/h2-3,6-7,16H,4-5H2,1H3. The maximum atomic E-state index is 13.4. The normalized spacial score (nSPS) is 17.6. The summed E-state index contributed by atoms with van der Waals surface area (Å²) in [6, 6.07) is 1.77. The van der Waals surface area contributed by atoms with Gasteiger partial charge in [-0.3, -0.25) is 4.79 Å². The summed E-state index contributed by atoms with van der Waals surface area (Å²) in [7, 11) is 0. The number of halogens is 3. The first kappa shape index (κ1) is 12.1. The highest BCUT2D eigenvalue weighted by Crippen LogP contribution is 2.24. The van der Waals surface area contributed by atoms with Crippen LogP contribution in [0.1, 0.15) is 17.3 Å². The number of benzene rings is 1. The molecule has 1 unspecified atom stereocenters. The van der Waals surface area contributed by atoms with E-state index in [9.17, 15) is 18.0 Å². The molecule has 1 heterocycles. The van der Waals surface area contributed by atoms with Gasteiger partial charge in [0.05, 0.1) is 5.56 Å². The molecule has 1 aliphatic heterocycles. The van der Waals surface area contributed by atoms with E-state index in [0.29, 0.717) is 13.1 Å². The fourth-order valence-electron chi connectivity index (χ4n) is 1.84. The lowest BCUT2D eigenvalue weighted by molar-refractivity contribution is 0.0848. The number of ketones is 1. The Morgan fingerprint density at radius 1 is 1.29 bits per heavy atom. The van der Waals surface area contributed by atoms with Crippen LogP contribution in [-0.4, -0.2) is 18.9 Å². The number of nitrogens with one attached hydrogen (secondary N) is 1. The Bertz CT molecular complexity index is 457. The Morgan fingerprint density at radius 2 is 1.94 bits per heavy atom. The monoisotopic (exact) mass is 243 g/mol. The Balaban J connectivity index is 2.27. The van der Waals surface area contributed by atoms with E-state index < -0.39 is 29.2 Å². The Labute approximate surface area is 96.8 Å². The summed E-state index contributed by atoms with van der Waals surface area (Å²) in [4.78, 5) is 11.9. The Kier molecular flexibility index (Phi) is 3.19. The molecule has 0 aliphatic carbocycles. The zero-order chi connectivity index (χ0) is 12.6. The van der Waals surface area contributed by atoms with Gasteiger partial charge in [-0.05, 0) is 31.1 Å². The summed E-state index contributed by atoms with van der Waals surface area (Å²) >= 11 is 0. The molecule has 92 valence electrons. The van der Waals surface area contributed by atoms with E-state index in [2.05, 4.69) is 5.32 Å². The second-order valence-electron chi connectivity index (χ2n) is 4.29. The minimum Gasteiger partial charge on any atom is -0.316 e. The molecule has 2 rings (SSSR count). The second kappa shape index (κ2) is 4.49. The lowest BCUT2D eigenvalue weighted by Gasteiger charge is -2.31. The van der Waals surface area contributed by atoms with Gasteiger partial charge in [0.2, 0.25) is 0 Å². The van der Waals surface area contributed by atoms with Crippen molar-refractivity contribution in [3.8, 4) is 0 Å².